The zero-order valence-electron chi connectivity index (χ0n) is 12.4. The molecule has 0 radical (unpaired) electrons. The van der Waals surface area contributed by atoms with Gasteiger partial charge in [-0.15, -0.1) is 0 Å². The van der Waals surface area contributed by atoms with Gasteiger partial charge in [-0.05, 0) is 38.1 Å². The van der Waals surface area contributed by atoms with Crippen molar-refractivity contribution in [1.29, 1.82) is 0 Å². The first-order valence-corrected chi connectivity index (χ1v) is 7.62. The van der Waals surface area contributed by atoms with Crippen molar-refractivity contribution < 1.29 is 9.13 Å². The Hall–Kier alpha value is -1.39. The van der Waals surface area contributed by atoms with Gasteiger partial charge in [-0.1, -0.05) is 33.6 Å². The summed E-state index contributed by atoms with van der Waals surface area (Å²) >= 11 is 3.37. The normalized spacial score (nSPS) is 12.2. The van der Waals surface area contributed by atoms with Crippen molar-refractivity contribution >= 4 is 15.9 Å². The average Bonchev–Trinajstić information content (AvgIpc) is 2.47. The molecule has 1 N–H and O–H groups in total. The molecule has 0 spiro atoms. The molecule has 0 fully saturated rings. The van der Waals surface area contributed by atoms with Crippen LogP contribution >= 0.6 is 15.9 Å². The van der Waals surface area contributed by atoms with Crippen molar-refractivity contribution in [1.82, 2.24) is 5.32 Å². The molecule has 0 aliphatic heterocycles. The number of nitrogens with one attached hydrogen (secondary N) is 1. The van der Waals surface area contributed by atoms with Crippen molar-refractivity contribution in [3.05, 3.63) is 63.4 Å². The van der Waals surface area contributed by atoms with Crippen LogP contribution in [0.25, 0.3) is 0 Å². The van der Waals surface area contributed by atoms with Crippen LogP contribution in [-0.4, -0.2) is 7.11 Å². The number of hydrogen-bond donors (Lipinski definition) is 1. The van der Waals surface area contributed by atoms with E-state index in [1.165, 1.54) is 11.6 Å². The Morgan fingerprint density at radius 2 is 2.00 bits per heavy atom. The minimum atomic E-state index is -0.200. The lowest BCUT2D eigenvalue weighted by atomic mass is 10.0. The largest absolute Gasteiger partial charge is 0.496 e. The monoisotopic (exact) mass is 351 g/mol. The van der Waals surface area contributed by atoms with Gasteiger partial charge in [-0.25, -0.2) is 4.39 Å². The Bertz CT molecular complexity index is 630. The van der Waals surface area contributed by atoms with Crippen molar-refractivity contribution in [2.24, 2.45) is 0 Å². The molecule has 2 nitrogen and oxygen atoms in total. The number of benzene rings is 2. The molecular formula is C17H19BrFNO. The third kappa shape index (κ3) is 4.05. The summed E-state index contributed by atoms with van der Waals surface area (Å²) in [4.78, 5) is 0. The molecule has 0 aliphatic rings. The number of aryl methyl sites for hydroxylation is 1. The summed E-state index contributed by atoms with van der Waals surface area (Å²) in [5, 5.41) is 3.34. The van der Waals surface area contributed by atoms with Crippen molar-refractivity contribution in [2.45, 2.75) is 26.4 Å². The van der Waals surface area contributed by atoms with E-state index in [1.807, 2.05) is 26.0 Å². The van der Waals surface area contributed by atoms with Crippen LogP contribution in [0.15, 0.2) is 40.9 Å². The van der Waals surface area contributed by atoms with Gasteiger partial charge in [0.05, 0.1) is 7.11 Å². The maximum absolute atomic E-state index is 13.7. The Balaban J connectivity index is 2.13. The molecular weight excluding hydrogens is 333 g/mol. The number of ether oxygens (including phenoxy) is 1. The Labute approximate surface area is 133 Å². The minimum absolute atomic E-state index is 0.0678. The zero-order chi connectivity index (χ0) is 15.4. The smallest absolute Gasteiger partial charge is 0.127 e. The van der Waals surface area contributed by atoms with Gasteiger partial charge in [-0.2, -0.15) is 0 Å². The lowest BCUT2D eigenvalue weighted by Crippen LogP contribution is -2.19. The van der Waals surface area contributed by atoms with Crippen molar-refractivity contribution in [3.63, 3.8) is 0 Å². The van der Waals surface area contributed by atoms with Crippen LogP contribution in [0.5, 0.6) is 5.75 Å². The van der Waals surface area contributed by atoms with Crippen LogP contribution in [0.2, 0.25) is 0 Å². The van der Waals surface area contributed by atoms with E-state index < -0.39 is 0 Å². The van der Waals surface area contributed by atoms with Crippen molar-refractivity contribution in [2.75, 3.05) is 7.11 Å². The summed E-state index contributed by atoms with van der Waals surface area (Å²) in [6.07, 6.45) is 0. The fraction of sp³-hybridized carbons (Fsp3) is 0.294. The highest BCUT2D eigenvalue weighted by atomic mass is 79.9. The van der Waals surface area contributed by atoms with E-state index in [0.717, 1.165) is 15.8 Å². The highest BCUT2D eigenvalue weighted by molar-refractivity contribution is 9.10. The zero-order valence-corrected chi connectivity index (χ0v) is 14.0. The average molecular weight is 352 g/mol. The predicted molar refractivity (Wildman–Crippen MR) is 87.1 cm³/mol. The quantitative estimate of drug-likeness (QED) is 0.838. The van der Waals surface area contributed by atoms with Gasteiger partial charge < -0.3 is 10.1 Å². The van der Waals surface area contributed by atoms with Crippen molar-refractivity contribution in [3.8, 4) is 5.75 Å². The minimum Gasteiger partial charge on any atom is -0.496 e. The molecule has 2 rings (SSSR count). The van der Waals surface area contributed by atoms with Crippen LogP contribution < -0.4 is 10.1 Å². The second kappa shape index (κ2) is 7.05. The van der Waals surface area contributed by atoms with Gasteiger partial charge in [-0.3, -0.25) is 0 Å². The molecule has 1 atom stereocenters. The topological polar surface area (TPSA) is 21.3 Å². The molecule has 0 aliphatic carbocycles. The lowest BCUT2D eigenvalue weighted by Gasteiger charge is -2.18. The number of hydrogen-bond acceptors (Lipinski definition) is 2. The van der Waals surface area contributed by atoms with Gasteiger partial charge in [0.2, 0.25) is 0 Å². The van der Waals surface area contributed by atoms with E-state index in [1.54, 1.807) is 19.2 Å². The molecule has 21 heavy (non-hydrogen) atoms. The fourth-order valence-corrected chi connectivity index (χ4v) is 2.65. The molecule has 0 amide bonds. The Kier molecular flexibility index (Phi) is 5.37. The second-order valence-electron chi connectivity index (χ2n) is 5.08. The van der Waals surface area contributed by atoms with E-state index in [2.05, 4.69) is 27.3 Å². The van der Waals surface area contributed by atoms with Crippen LogP contribution in [-0.2, 0) is 6.54 Å². The second-order valence-corrected chi connectivity index (χ2v) is 6.00. The first-order valence-electron chi connectivity index (χ1n) is 6.83. The van der Waals surface area contributed by atoms with E-state index >= 15 is 0 Å². The first kappa shape index (κ1) is 16.0. The third-order valence-electron chi connectivity index (χ3n) is 3.46. The summed E-state index contributed by atoms with van der Waals surface area (Å²) in [7, 11) is 1.66. The van der Waals surface area contributed by atoms with Crippen LogP contribution in [0.3, 0.4) is 0 Å². The summed E-state index contributed by atoms with van der Waals surface area (Å²) in [6, 6.07) is 11.1. The SMILES string of the molecule is COc1ccc(C)cc1C(C)NCc1cc(Br)ccc1F. The first-order chi connectivity index (χ1) is 10.0. The maximum atomic E-state index is 13.7. The van der Waals surface area contributed by atoms with Gasteiger partial charge >= 0.3 is 0 Å². The highest BCUT2D eigenvalue weighted by Crippen LogP contribution is 2.26. The summed E-state index contributed by atoms with van der Waals surface area (Å²) in [5.74, 6) is 0.643. The Morgan fingerprint density at radius 1 is 1.24 bits per heavy atom. The van der Waals surface area contributed by atoms with Crippen LogP contribution in [0.4, 0.5) is 4.39 Å². The molecule has 4 heteroatoms. The van der Waals surface area contributed by atoms with Gasteiger partial charge in [0.25, 0.3) is 0 Å². The van der Waals surface area contributed by atoms with Gasteiger partial charge in [0.1, 0.15) is 11.6 Å². The summed E-state index contributed by atoms with van der Waals surface area (Å²) in [5.41, 5.74) is 2.89. The number of methoxy groups -OCH3 is 1. The summed E-state index contributed by atoms with van der Waals surface area (Å²) < 4.78 is 20.0. The van der Waals surface area contributed by atoms with E-state index in [9.17, 15) is 4.39 Å². The van der Waals surface area contributed by atoms with Gasteiger partial charge in [0, 0.05) is 28.2 Å². The molecule has 112 valence electrons. The molecule has 0 aromatic heterocycles. The molecule has 1 unspecified atom stereocenters. The molecule has 0 saturated heterocycles. The summed E-state index contributed by atoms with van der Waals surface area (Å²) in [6.45, 7) is 4.56. The van der Waals surface area contributed by atoms with E-state index in [-0.39, 0.29) is 11.9 Å². The molecule has 2 aromatic carbocycles. The molecule has 2 aromatic rings. The maximum Gasteiger partial charge on any atom is 0.127 e. The molecule has 0 bridgehead atoms. The third-order valence-corrected chi connectivity index (χ3v) is 3.95. The molecule has 0 heterocycles. The van der Waals surface area contributed by atoms with E-state index in [4.69, 9.17) is 4.74 Å². The Morgan fingerprint density at radius 3 is 2.71 bits per heavy atom. The number of rotatable bonds is 5. The standard InChI is InChI=1S/C17H19BrFNO/c1-11-4-7-17(21-3)15(8-11)12(2)20-10-13-9-14(18)5-6-16(13)19/h4-9,12,20H,10H2,1-3H3. The van der Waals surface area contributed by atoms with Gasteiger partial charge in [0.15, 0.2) is 0 Å². The molecule has 0 saturated carbocycles. The highest BCUT2D eigenvalue weighted by Gasteiger charge is 2.12. The van der Waals surface area contributed by atoms with E-state index in [0.29, 0.717) is 12.1 Å². The fourth-order valence-electron chi connectivity index (χ4n) is 2.24. The predicted octanol–water partition coefficient (Wildman–Crippen LogP) is 4.76. The van der Waals surface area contributed by atoms with Crippen LogP contribution in [0, 0.1) is 12.7 Å². The number of halogens is 2. The van der Waals surface area contributed by atoms with Crippen LogP contribution in [0.1, 0.15) is 29.7 Å². The lowest BCUT2D eigenvalue weighted by molar-refractivity contribution is 0.401.